The van der Waals surface area contributed by atoms with Crippen molar-refractivity contribution in [3.63, 3.8) is 0 Å². The van der Waals surface area contributed by atoms with E-state index in [1.54, 1.807) is 6.92 Å². The minimum atomic E-state index is -0.825. The van der Waals surface area contributed by atoms with E-state index >= 15 is 0 Å². The van der Waals surface area contributed by atoms with Gasteiger partial charge in [-0.1, -0.05) is 0 Å². The maximum Gasteiger partial charge on any atom is 0.124 e. The summed E-state index contributed by atoms with van der Waals surface area (Å²) in [5, 5.41) is 8.27. The van der Waals surface area contributed by atoms with Gasteiger partial charge in [0.25, 0.3) is 0 Å². The second kappa shape index (κ2) is 4.57. The van der Waals surface area contributed by atoms with Crippen LogP contribution in [-0.2, 0) is 4.74 Å². The molecule has 0 rings (SSSR count). The minimum absolute atomic E-state index is 0. The summed E-state index contributed by atoms with van der Waals surface area (Å²) in [6.45, 7) is 1.90. The van der Waals surface area contributed by atoms with Gasteiger partial charge in [0.1, 0.15) is 5.54 Å². The van der Waals surface area contributed by atoms with Crippen molar-refractivity contribution < 1.29 is 4.74 Å². The normalized spacial score (nSPS) is 14.9. The highest BCUT2D eigenvalue weighted by atomic mass is 35.5. The minimum Gasteiger partial charge on any atom is -0.382 e. The number of hydrogen-bond donors (Lipinski definition) is 1. The highest BCUT2D eigenvalue weighted by Gasteiger charge is 2.15. The van der Waals surface area contributed by atoms with Crippen molar-refractivity contribution in [2.24, 2.45) is 5.73 Å². The molecule has 0 fully saturated rings. The molecule has 0 amide bonds. The average Bonchev–Trinajstić information content (AvgIpc) is 1.67. The molecule has 0 aromatic carbocycles. The van der Waals surface area contributed by atoms with Crippen molar-refractivity contribution in [2.45, 2.75) is 12.5 Å². The first-order valence-electron chi connectivity index (χ1n) is 2.31. The first-order chi connectivity index (χ1) is 3.62. The Morgan fingerprint density at radius 3 is 2.33 bits per heavy atom. The number of methoxy groups -OCH3 is 1. The topological polar surface area (TPSA) is 59.0 Å². The van der Waals surface area contributed by atoms with Crippen LogP contribution in [0, 0.1) is 11.3 Å². The smallest absolute Gasteiger partial charge is 0.124 e. The van der Waals surface area contributed by atoms with Crippen LogP contribution in [0.5, 0.6) is 0 Å². The lowest BCUT2D eigenvalue weighted by atomic mass is 10.1. The molecule has 0 aliphatic rings. The Hall–Kier alpha value is -0.300. The lowest BCUT2D eigenvalue weighted by molar-refractivity contribution is 0.163. The molecule has 1 unspecified atom stereocenters. The average molecular weight is 151 g/mol. The Labute approximate surface area is 61.2 Å². The zero-order chi connectivity index (χ0) is 6.62. The Balaban J connectivity index is 0. The molecule has 2 N–H and O–H groups in total. The van der Waals surface area contributed by atoms with Gasteiger partial charge >= 0.3 is 0 Å². The van der Waals surface area contributed by atoms with Crippen LogP contribution >= 0.6 is 12.4 Å². The van der Waals surface area contributed by atoms with E-state index in [1.165, 1.54) is 7.11 Å². The maximum absolute atomic E-state index is 8.27. The number of nitrogens with zero attached hydrogens (tertiary/aromatic N) is 1. The fourth-order valence-electron chi connectivity index (χ4n) is 0.332. The summed E-state index contributed by atoms with van der Waals surface area (Å²) >= 11 is 0. The van der Waals surface area contributed by atoms with Gasteiger partial charge in [-0.05, 0) is 6.92 Å². The summed E-state index contributed by atoms with van der Waals surface area (Å²) in [5.41, 5.74) is 4.52. The van der Waals surface area contributed by atoms with E-state index < -0.39 is 5.54 Å². The molecular formula is C5H11ClN2O. The summed E-state index contributed by atoms with van der Waals surface area (Å²) < 4.78 is 4.65. The third-order valence-electron chi connectivity index (χ3n) is 0.700. The molecule has 4 heteroatoms. The fourth-order valence-corrected chi connectivity index (χ4v) is 0.332. The molecule has 0 heterocycles. The number of nitriles is 1. The van der Waals surface area contributed by atoms with Crippen LogP contribution in [-0.4, -0.2) is 19.3 Å². The molecule has 54 valence electrons. The molecule has 0 aliphatic heterocycles. The third-order valence-corrected chi connectivity index (χ3v) is 0.700. The quantitative estimate of drug-likeness (QED) is 0.616. The van der Waals surface area contributed by atoms with Crippen molar-refractivity contribution in [1.82, 2.24) is 0 Å². The molecule has 0 radical (unpaired) electrons. The van der Waals surface area contributed by atoms with Gasteiger partial charge in [-0.2, -0.15) is 5.26 Å². The van der Waals surface area contributed by atoms with E-state index in [1.807, 2.05) is 6.07 Å². The molecule has 1 atom stereocenters. The molecule has 0 saturated carbocycles. The highest BCUT2D eigenvalue weighted by molar-refractivity contribution is 5.85. The summed E-state index contributed by atoms with van der Waals surface area (Å²) in [7, 11) is 1.52. The molecule has 3 nitrogen and oxygen atoms in total. The van der Waals surface area contributed by atoms with Crippen LogP contribution in [0.15, 0.2) is 0 Å². The number of hydrogen-bond acceptors (Lipinski definition) is 3. The number of nitrogens with two attached hydrogens (primary N) is 1. The first kappa shape index (κ1) is 11.5. The van der Waals surface area contributed by atoms with Crippen molar-refractivity contribution in [1.29, 1.82) is 5.26 Å². The predicted octanol–water partition coefficient (Wildman–Crippen LogP) is 0.296. The zero-order valence-electron chi connectivity index (χ0n) is 5.55. The van der Waals surface area contributed by atoms with E-state index in [-0.39, 0.29) is 19.0 Å². The van der Waals surface area contributed by atoms with Crippen LogP contribution in [0.1, 0.15) is 6.92 Å². The van der Waals surface area contributed by atoms with Crippen molar-refractivity contribution >= 4 is 12.4 Å². The van der Waals surface area contributed by atoms with Gasteiger partial charge in [0.05, 0.1) is 12.7 Å². The van der Waals surface area contributed by atoms with Crippen LogP contribution in [0.2, 0.25) is 0 Å². The molecule has 9 heavy (non-hydrogen) atoms. The summed E-state index contributed by atoms with van der Waals surface area (Å²) in [6.07, 6.45) is 0. The lowest BCUT2D eigenvalue weighted by Crippen LogP contribution is -2.38. The fraction of sp³-hybridized carbons (Fsp3) is 0.800. The van der Waals surface area contributed by atoms with Crippen LogP contribution < -0.4 is 5.73 Å². The van der Waals surface area contributed by atoms with E-state index in [2.05, 4.69) is 4.74 Å². The van der Waals surface area contributed by atoms with E-state index in [4.69, 9.17) is 11.0 Å². The van der Waals surface area contributed by atoms with Gasteiger partial charge in [-0.3, -0.25) is 0 Å². The number of ether oxygens (including phenoxy) is 1. The van der Waals surface area contributed by atoms with E-state index in [0.717, 1.165) is 0 Å². The molecule has 0 aliphatic carbocycles. The van der Waals surface area contributed by atoms with E-state index in [9.17, 15) is 0 Å². The standard InChI is InChI=1S/C5H10N2O.ClH/c1-5(7,3-6)4-8-2;/h4,7H2,1-2H3;1H. The Morgan fingerprint density at radius 1 is 1.78 bits per heavy atom. The molecule has 0 aromatic heterocycles. The third kappa shape index (κ3) is 5.57. The van der Waals surface area contributed by atoms with Gasteiger partial charge in [0.2, 0.25) is 0 Å². The maximum atomic E-state index is 8.27. The van der Waals surface area contributed by atoms with Crippen molar-refractivity contribution in [3.8, 4) is 6.07 Å². The predicted molar refractivity (Wildman–Crippen MR) is 37.3 cm³/mol. The Kier molecular flexibility index (Phi) is 5.83. The summed E-state index contributed by atoms with van der Waals surface area (Å²) in [6, 6.07) is 1.90. The van der Waals surface area contributed by atoms with Crippen LogP contribution in [0.4, 0.5) is 0 Å². The monoisotopic (exact) mass is 150 g/mol. The van der Waals surface area contributed by atoms with Gasteiger partial charge in [0.15, 0.2) is 0 Å². The number of rotatable bonds is 2. The summed E-state index contributed by atoms with van der Waals surface area (Å²) in [4.78, 5) is 0. The van der Waals surface area contributed by atoms with E-state index in [0.29, 0.717) is 0 Å². The van der Waals surface area contributed by atoms with Gasteiger partial charge in [-0.25, -0.2) is 0 Å². The second-order valence-corrected chi connectivity index (χ2v) is 1.96. The van der Waals surface area contributed by atoms with Crippen molar-refractivity contribution in [3.05, 3.63) is 0 Å². The van der Waals surface area contributed by atoms with Gasteiger partial charge in [-0.15, -0.1) is 12.4 Å². The Bertz CT molecular complexity index is 108. The highest BCUT2D eigenvalue weighted by Crippen LogP contribution is 1.94. The Morgan fingerprint density at radius 2 is 2.22 bits per heavy atom. The molecule has 0 bridgehead atoms. The van der Waals surface area contributed by atoms with Crippen molar-refractivity contribution in [2.75, 3.05) is 13.7 Å². The SMILES string of the molecule is COCC(C)(N)C#N.Cl. The van der Waals surface area contributed by atoms with Crippen LogP contribution in [0.25, 0.3) is 0 Å². The lowest BCUT2D eigenvalue weighted by Gasteiger charge is -2.11. The van der Waals surface area contributed by atoms with Gasteiger partial charge in [0, 0.05) is 7.11 Å². The van der Waals surface area contributed by atoms with Crippen LogP contribution in [0.3, 0.4) is 0 Å². The molecule has 0 spiro atoms. The zero-order valence-corrected chi connectivity index (χ0v) is 6.36. The van der Waals surface area contributed by atoms with Gasteiger partial charge < -0.3 is 10.5 Å². The molecule has 0 aromatic rings. The summed E-state index contributed by atoms with van der Waals surface area (Å²) in [5.74, 6) is 0. The second-order valence-electron chi connectivity index (χ2n) is 1.96. The largest absolute Gasteiger partial charge is 0.382 e. The molecule has 0 saturated heterocycles. The molecular weight excluding hydrogens is 140 g/mol. The first-order valence-corrected chi connectivity index (χ1v) is 2.31. The number of halogens is 1.